The molecule has 0 spiro atoms. The van der Waals surface area contributed by atoms with Gasteiger partial charge in [0, 0.05) is 18.2 Å². The molecule has 2 unspecified atom stereocenters. The van der Waals surface area contributed by atoms with Gasteiger partial charge in [-0.05, 0) is 33.2 Å². The number of esters is 1. The maximum atomic E-state index is 12.4. The predicted molar refractivity (Wildman–Crippen MR) is 82.8 cm³/mol. The van der Waals surface area contributed by atoms with Crippen LogP contribution in [0.5, 0.6) is 0 Å². The molecule has 1 fully saturated rings. The van der Waals surface area contributed by atoms with Crippen molar-refractivity contribution in [1.82, 2.24) is 10.0 Å². The number of carbonyl (C=O) groups is 1. The minimum absolute atomic E-state index is 0. The number of nitrogens with one attached hydrogen (secondary N) is 2. The number of methoxy groups -OCH3 is 1. The molecule has 1 aromatic rings. The standard InChI is InChI=1S/C13H20N2O5S.ClH/c1-8-10(5-4-6-14-8)15-21(17,18)12-7-11(13(16)19-3)20-9(12)2;/h7-8,10,14-15H,4-6H2,1-3H3;1H. The van der Waals surface area contributed by atoms with Crippen molar-refractivity contribution in [3.63, 3.8) is 0 Å². The van der Waals surface area contributed by atoms with Crippen LogP contribution >= 0.6 is 12.4 Å². The van der Waals surface area contributed by atoms with Gasteiger partial charge in [-0.1, -0.05) is 0 Å². The van der Waals surface area contributed by atoms with Crippen LogP contribution in [0, 0.1) is 6.92 Å². The molecule has 1 aromatic heterocycles. The highest BCUT2D eigenvalue weighted by Gasteiger charge is 2.30. The van der Waals surface area contributed by atoms with Crippen LogP contribution in [0.2, 0.25) is 0 Å². The molecule has 2 N–H and O–H groups in total. The summed E-state index contributed by atoms with van der Waals surface area (Å²) >= 11 is 0. The van der Waals surface area contributed by atoms with Crippen LogP contribution in [0.15, 0.2) is 15.4 Å². The quantitative estimate of drug-likeness (QED) is 0.790. The highest BCUT2D eigenvalue weighted by Crippen LogP contribution is 2.22. The lowest BCUT2D eigenvalue weighted by atomic mass is 10.0. The summed E-state index contributed by atoms with van der Waals surface area (Å²) in [4.78, 5) is 11.4. The summed E-state index contributed by atoms with van der Waals surface area (Å²) in [6, 6.07) is 1.07. The third-order valence-corrected chi connectivity index (χ3v) is 5.21. The molecule has 0 amide bonds. The number of hydrogen-bond acceptors (Lipinski definition) is 6. The van der Waals surface area contributed by atoms with E-state index in [9.17, 15) is 13.2 Å². The summed E-state index contributed by atoms with van der Waals surface area (Å²) in [6.07, 6.45) is 1.68. The van der Waals surface area contributed by atoms with Gasteiger partial charge in [0.2, 0.25) is 15.8 Å². The van der Waals surface area contributed by atoms with E-state index in [1.165, 1.54) is 20.1 Å². The Balaban J connectivity index is 0.00000242. The normalized spacial score (nSPS) is 22.0. The van der Waals surface area contributed by atoms with Crippen molar-refractivity contribution < 1.29 is 22.4 Å². The highest BCUT2D eigenvalue weighted by molar-refractivity contribution is 7.89. The SMILES string of the molecule is COC(=O)c1cc(S(=O)(=O)NC2CCCNC2C)c(C)o1.Cl. The average molecular weight is 353 g/mol. The Hall–Kier alpha value is -1.09. The van der Waals surface area contributed by atoms with E-state index in [1.54, 1.807) is 0 Å². The van der Waals surface area contributed by atoms with Gasteiger partial charge < -0.3 is 14.5 Å². The molecule has 1 saturated heterocycles. The van der Waals surface area contributed by atoms with Crippen LogP contribution in [0.25, 0.3) is 0 Å². The fourth-order valence-corrected chi connectivity index (χ4v) is 3.93. The van der Waals surface area contributed by atoms with Crippen molar-refractivity contribution in [2.24, 2.45) is 0 Å². The number of furan rings is 1. The van der Waals surface area contributed by atoms with Crippen LogP contribution in [0.1, 0.15) is 36.1 Å². The topological polar surface area (TPSA) is 97.6 Å². The molecule has 0 bridgehead atoms. The van der Waals surface area contributed by atoms with Crippen LogP contribution in [0.4, 0.5) is 0 Å². The van der Waals surface area contributed by atoms with E-state index in [0.29, 0.717) is 0 Å². The summed E-state index contributed by atoms with van der Waals surface area (Å²) < 4.78 is 37.2. The molecule has 0 aromatic carbocycles. The molecular formula is C13H21ClN2O5S. The van der Waals surface area contributed by atoms with Gasteiger partial charge in [0.25, 0.3) is 0 Å². The van der Waals surface area contributed by atoms with E-state index < -0.39 is 16.0 Å². The Morgan fingerprint density at radius 1 is 1.50 bits per heavy atom. The van der Waals surface area contributed by atoms with Crippen LogP contribution < -0.4 is 10.0 Å². The molecule has 0 radical (unpaired) electrons. The lowest BCUT2D eigenvalue weighted by Crippen LogP contribution is -2.51. The Kier molecular flexibility index (Phi) is 6.42. The number of ether oxygens (including phenoxy) is 1. The molecule has 0 aliphatic carbocycles. The number of sulfonamides is 1. The number of rotatable bonds is 4. The van der Waals surface area contributed by atoms with E-state index in [0.717, 1.165) is 19.4 Å². The summed E-state index contributed by atoms with van der Waals surface area (Å²) in [5.74, 6) is -0.656. The maximum absolute atomic E-state index is 12.4. The average Bonchev–Trinajstić information content (AvgIpc) is 2.83. The van der Waals surface area contributed by atoms with Gasteiger partial charge in [0.1, 0.15) is 10.7 Å². The molecule has 2 atom stereocenters. The van der Waals surface area contributed by atoms with Gasteiger partial charge in [0.15, 0.2) is 0 Å². The molecule has 1 aliphatic heterocycles. The summed E-state index contributed by atoms with van der Waals surface area (Å²) in [7, 11) is -2.53. The molecule has 22 heavy (non-hydrogen) atoms. The predicted octanol–water partition coefficient (Wildman–Crippen LogP) is 1.22. The largest absolute Gasteiger partial charge is 0.463 e. The molecule has 9 heteroatoms. The van der Waals surface area contributed by atoms with Gasteiger partial charge in [-0.25, -0.2) is 17.9 Å². The number of aryl methyl sites for hydroxylation is 1. The molecular weight excluding hydrogens is 332 g/mol. The van der Waals surface area contributed by atoms with E-state index in [2.05, 4.69) is 14.8 Å². The van der Waals surface area contributed by atoms with Gasteiger partial charge in [-0.2, -0.15) is 0 Å². The summed E-state index contributed by atoms with van der Waals surface area (Å²) in [5.41, 5.74) is 0. The smallest absolute Gasteiger partial charge is 0.373 e. The fourth-order valence-electron chi connectivity index (χ4n) is 2.40. The monoisotopic (exact) mass is 352 g/mol. The number of carbonyl (C=O) groups excluding carboxylic acids is 1. The molecule has 0 saturated carbocycles. The Bertz CT molecular complexity index is 628. The van der Waals surface area contributed by atoms with E-state index in [1.807, 2.05) is 6.92 Å². The minimum atomic E-state index is -3.74. The van der Waals surface area contributed by atoms with Crippen molar-refractivity contribution in [3.8, 4) is 0 Å². The zero-order valence-corrected chi connectivity index (χ0v) is 14.3. The second kappa shape index (κ2) is 7.45. The Labute approximate surface area is 136 Å². The Morgan fingerprint density at radius 2 is 2.18 bits per heavy atom. The van der Waals surface area contributed by atoms with Gasteiger partial charge in [0.05, 0.1) is 7.11 Å². The van der Waals surface area contributed by atoms with Gasteiger partial charge >= 0.3 is 5.97 Å². The number of hydrogen-bond donors (Lipinski definition) is 2. The van der Waals surface area contributed by atoms with Gasteiger partial charge in [-0.15, -0.1) is 12.4 Å². The first-order valence-electron chi connectivity index (χ1n) is 6.79. The highest BCUT2D eigenvalue weighted by atomic mass is 35.5. The third-order valence-electron chi connectivity index (χ3n) is 3.62. The third kappa shape index (κ3) is 4.01. The molecule has 2 heterocycles. The zero-order valence-electron chi connectivity index (χ0n) is 12.7. The second-order valence-electron chi connectivity index (χ2n) is 5.14. The number of piperidine rings is 1. The van der Waals surface area contributed by atoms with Crippen LogP contribution in [-0.2, 0) is 14.8 Å². The molecule has 2 rings (SSSR count). The maximum Gasteiger partial charge on any atom is 0.373 e. The van der Waals surface area contributed by atoms with Gasteiger partial charge in [-0.3, -0.25) is 0 Å². The Morgan fingerprint density at radius 3 is 2.77 bits per heavy atom. The minimum Gasteiger partial charge on any atom is -0.463 e. The number of halogens is 1. The van der Waals surface area contributed by atoms with Crippen molar-refractivity contribution in [1.29, 1.82) is 0 Å². The lowest BCUT2D eigenvalue weighted by molar-refractivity contribution is 0.0563. The zero-order chi connectivity index (χ0) is 15.6. The molecule has 7 nitrogen and oxygen atoms in total. The fraction of sp³-hybridized carbons (Fsp3) is 0.615. The molecule has 1 aliphatic rings. The lowest BCUT2D eigenvalue weighted by Gasteiger charge is -2.30. The van der Waals surface area contributed by atoms with Crippen molar-refractivity contribution >= 4 is 28.4 Å². The first kappa shape index (κ1) is 19.0. The first-order chi connectivity index (χ1) is 9.85. The van der Waals surface area contributed by atoms with E-state index in [-0.39, 0.29) is 40.9 Å². The van der Waals surface area contributed by atoms with Crippen LogP contribution in [-0.4, -0.2) is 40.1 Å². The van der Waals surface area contributed by atoms with Crippen LogP contribution in [0.3, 0.4) is 0 Å². The van der Waals surface area contributed by atoms with Crippen molar-refractivity contribution in [2.75, 3.05) is 13.7 Å². The van der Waals surface area contributed by atoms with E-state index in [4.69, 9.17) is 4.42 Å². The second-order valence-corrected chi connectivity index (χ2v) is 6.82. The van der Waals surface area contributed by atoms with Crippen molar-refractivity contribution in [3.05, 3.63) is 17.6 Å². The molecule has 126 valence electrons. The summed E-state index contributed by atoms with van der Waals surface area (Å²) in [6.45, 7) is 4.33. The first-order valence-corrected chi connectivity index (χ1v) is 8.28. The van der Waals surface area contributed by atoms with E-state index >= 15 is 0 Å². The summed E-state index contributed by atoms with van der Waals surface area (Å²) in [5, 5.41) is 3.23. The van der Waals surface area contributed by atoms with Crippen molar-refractivity contribution in [2.45, 2.75) is 43.7 Å².